The van der Waals surface area contributed by atoms with Crippen LogP contribution in [0.25, 0.3) is 0 Å². The molecule has 0 saturated heterocycles. The van der Waals surface area contributed by atoms with Gasteiger partial charge in [-0.25, -0.2) is 0 Å². The molecule has 0 amide bonds. The number of nitrogens with zero attached hydrogens (tertiary/aromatic N) is 1. The summed E-state index contributed by atoms with van der Waals surface area (Å²) in [6, 6.07) is 4.34. The van der Waals surface area contributed by atoms with Gasteiger partial charge in [-0.2, -0.15) is 0 Å². The minimum absolute atomic E-state index is 0.00750. The lowest BCUT2D eigenvalue weighted by Gasteiger charge is -2.11. The van der Waals surface area contributed by atoms with Crippen LogP contribution < -0.4 is 5.32 Å². The second-order valence-corrected chi connectivity index (χ2v) is 3.52. The molecule has 1 rings (SSSR count). The van der Waals surface area contributed by atoms with E-state index in [1.165, 1.54) is 18.2 Å². The SMILES string of the molecule is C=CC(C)Nc1cc(Cl)ccc1[N+](=O)[O-]. The van der Waals surface area contributed by atoms with Gasteiger partial charge in [0.15, 0.2) is 0 Å². The Kier molecular flexibility index (Phi) is 3.68. The van der Waals surface area contributed by atoms with Crippen LogP contribution in [0.4, 0.5) is 11.4 Å². The predicted molar refractivity (Wildman–Crippen MR) is 61.4 cm³/mol. The molecule has 0 fully saturated rings. The summed E-state index contributed by atoms with van der Waals surface area (Å²) < 4.78 is 0. The fourth-order valence-electron chi connectivity index (χ4n) is 1.09. The largest absolute Gasteiger partial charge is 0.374 e. The maximum atomic E-state index is 10.7. The molecule has 1 aromatic rings. The molecular weight excluding hydrogens is 216 g/mol. The second kappa shape index (κ2) is 4.79. The zero-order valence-corrected chi connectivity index (χ0v) is 8.99. The number of nitro benzene ring substituents is 1. The highest BCUT2D eigenvalue weighted by Gasteiger charge is 2.14. The van der Waals surface area contributed by atoms with Crippen molar-refractivity contribution in [2.45, 2.75) is 13.0 Å². The summed E-state index contributed by atoms with van der Waals surface area (Å²) in [5.74, 6) is 0. The first-order chi connectivity index (χ1) is 7.04. The number of benzene rings is 1. The van der Waals surface area contributed by atoms with Crippen molar-refractivity contribution in [3.8, 4) is 0 Å². The summed E-state index contributed by atoms with van der Waals surface area (Å²) in [6.07, 6.45) is 1.66. The normalized spacial score (nSPS) is 11.9. The molecule has 0 aliphatic carbocycles. The maximum Gasteiger partial charge on any atom is 0.292 e. The number of nitro groups is 1. The number of hydrogen-bond donors (Lipinski definition) is 1. The summed E-state index contributed by atoms with van der Waals surface area (Å²) in [7, 11) is 0. The van der Waals surface area contributed by atoms with Gasteiger partial charge in [0.25, 0.3) is 5.69 Å². The molecule has 1 aromatic carbocycles. The zero-order chi connectivity index (χ0) is 11.4. The maximum absolute atomic E-state index is 10.7. The Hall–Kier alpha value is -1.55. The van der Waals surface area contributed by atoms with Crippen molar-refractivity contribution >= 4 is 23.0 Å². The van der Waals surface area contributed by atoms with Crippen molar-refractivity contribution in [3.63, 3.8) is 0 Å². The summed E-state index contributed by atoms with van der Waals surface area (Å²) in [4.78, 5) is 10.2. The Morgan fingerprint density at radius 1 is 1.67 bits per heavy atom. The molecule has 5 heteroatoms. The van der Waals surface area contributed by atoms with Gasteiger partial charge >= 0.3 is 0 Å². The Bertz CT molecular complexity index is 393. The molecule has 0 aliphatic rings. The average Bonchev–Trinajstić information content (AvgIpc) is 2.17. The van der Waals surface area contributed by atoms with Crippen LogP contribution in [0, 0.1) is 10.1 Å². The van der Waals surface area contributed by atoms with Crippen LogP contribution in [0.5, 0.6) is 0 Å². The lowest BCUT2D eigenvalue weighted by molar-refractivity contribution is -0.384. The molecule has 1 atom stereocenters. The highest BCUT2D eigenvalue weighted by Crippen LogP contribution is 2.28. The summed E-state index contributed by atoms with van der Waals surface area (Å²) in [6.45, 7) is 5.43. The Morgan fingerprint density at radius 2 is 2.33 bits per heavy atom. The smallest absolute Gasteiger partial charge is 0.292 e. The molecule has 15 heavy (non-hydrogen) atoms. The van der Waals surface area contributed by atoms with Gasteiger partial charge in [-0.05, 0) is 19.1 Å². The first-order valence-corrected chi connectivity index (χ1v) is 4.75. The molecule has 1 unspecified atom stereocenters. The van der Waals surface area contributed by atoms with Crippen molar-refractivity contribution in [1.82, 2.24) is 0 Å². The van der Waals surface area contributed by atoms with Crippen LogP contribution in [0.2, 0.25) is 5.02 Å². The van der Waals surface area contributed by atoms with Gasteiger partial charge in [-0.3, -0.25) is 10.1 Å². The van der Waals surface area contributed by atoms with Gasteiger partial charge in [-0.1, -0.05) is 17.7 Å². The fraction of sp³-hybridized carbons (Fsp3) is 0.200. The van der Waals surface area contributed by atoms with E-state index >= 15 is 0 Å². The monoisotopic (exact) mass is 226 g/mol. The minimum Gasteiger partial charge on any atom is -0.374 e. The van der Waals surface area contributed by atoms with Crippen LogP contribution in [-0.4, -0.2) is 11.0 Å². The molecule has 80 valence electrons. The first-order valence-electron chi connectivity index (χ1n) is 4.37. The molecule has 0 heterocycles. The molecule has 1 N–H and O–H groups in total. The lowest BCUT2D eigenvalue weighted by atomic mass is 10.2. The van der Waals surface area contributed by atoms with Crippen molar-refractivity contribution in [3.05, 3.63) is 46.0 Å². The van der Waals surface area contributed by atoms with Crippen LogP contribution in [0.3, 0.4) is 0 Å². The van der Waals surface area contributed by atoms with E-state index in [4.69, 9.17) is 11.6 Å². The van der Waals surface area contributed by atoms with Gasteiger partial charge in [0, 0.05) is 17.1 Å². The summed E-state index contributed by atoms with van der Waals surface area (Å²) in [5, 5.41) is 14.1. The summed E-state index contributed by atoms with van der Waals surface area (Å²) >= 11 is 5.76. The second-order valence-electron chi connectivity index (χ2n) is 3.09. The Labute approximate surface area is 92.7 Å². The predicted octanol–water partition coefficient (Wildman–Crippen LogP) is 3.23. The lowest BCUT2D eigenvalue weighted by Crippen LogP contribution is -2.12. The van der Waals surface area contributed by atoms with Crippen LogP contribution in [-0.2, 0) is 0 Å². The van der Waals surface area contributed by atoms with Crippen molar-refractivity contribution in [2.75, 3.05) is 5.32 Å². The van der Waals surface area contributed by atoms with Crippen molar-refractivity contribution < 1.29 is 4.92 Å². The highest BCUT2D eigenvalue weighted by molar-refractivity contribution is 6.31. The molecule has 0 aliphatic heterocycles. The minimum atomic E-state index is -0.450. The van der Waals surface area contributed by atoms with Gasteiger partial charge < -0.3 is 5.32 Å². The zero-order valence-electron chi connectivity index (χ0n) is 8.24. The first kappa shape index (κ1) is 11.5. The Balaban J connectivity index is 3.07. The topological polar surface area (TPSA) is 55.2 Å². The number of rotatable bonds is 4. The molecule has 0 spiro atoms. The Morgan fingerprint density at radius 3 is 2.87 bits per heavy atom. The molecule has 0 saturated carbocycles. The summed E-state index contributed by atoms with van der Waals surface area (Å²) in [5.41, 5.74) is 0.410. The highest BCUT2D eigenvalue weighted by atomic mass is 35.5. The van der Waals surface area contributed by atoms with E-state index in [1.54, 1.807) is 6.08 Å². The third-order valence-corrected chi connectivity index (χ3v) is 2.13. The van der Waals surface area contributed by atoms with Gasteiger partial charge in [0.1, 0.15) is 5.69 Å². The quantitative estimate of drug-likeness (QED) is 0.487. The van der Waals surface area contributed by atoms with E-state index in [0.717, 1.165) is 0 Å². The third kappa shape index (κ3) is 2.95. The van der Waals surface area contributed by atoms with Gasteiger partial charge in [0.2, 0.25) is 0 Å². The van der Waals surface area contributed by atoms with E-state index < -0.39 is 4.92 Å². The standard InChI is InChI=1S/C10H11ClN2O2/c1-3-7(2)12-9-6-8(11)4-5-10(9)13(14)15/h3-7,12H,1H2,2H3. The van der Waals surface area contributed by atoms with E-state index in [2.05, 4.69) is 11.9 Å². The van der Waals surface area contributed by atoms with Crippen LogP contribution in [0.15, 0.2) is 30.9 Å². The number of anilines is 1. The number of halogens is 1. The van der Waals surface area contributed by atoms with Gasteiger partial charge in [0.05, 0.1) is 4.92 Å². The van der Waals surface area contributed by atoms with E-state index in [-0.39, 0.29) is 11.7 Å². The van der Waals surface area contributed by atoms with Crippen LogP contribution >= 0.6 is 11.6 Å². The van der Waals surface area contributed by atoms with Crippen LogP contribution in [0.1, 0.15) is 6.92 Å². The van der Waals surface area contributed by atoms with Crippen molar-refractivity contribution in [2.24, 2.45) is 0 Å². The third-order valence-electron chi connectivity index (χ3n) is 1.89. The fourth-order valence-corrected chi connectivity index (χ4v) is 1.26. The molecule has 0 bridgehead atoms. The molecular formula is C10H11ClN2O2. The number of nitrogens with one attached hydrogen (secondary N) is 1. The number of hydrogen-bond acceptors (Lipinski definition) is 3. The van der Waals surface area contributed by atoms with Gasteiger partial charge in [-0.15, -0.1) is 6.58 Å². The average molecular weight is 227 g/mol. The molecule has 0 aromatic heterocycles. The molecule has 0 radical (unpaired) electrons. The molecule has 4 nitrogen and oxygen atoms in total. The van der Waals surface area contributed by atoms with E-state index in [0.29, 0.717) is 10.7 Å². The van der Waals surface area contributed by atoms with E-state index in [1.807, 2.05) is 6.92 Å². The van der Waals surface area contributed by atoms with Crippen molar-refractivity contribution in [1.29, 1.82) is 0 Å². The van der Waals surface area contributed by atoms with E-state index in [9.17, 15) is 10.1 Å².